The first-order valence-electron chi connectivity index (χ1n) is 8.91. The van der Waals surface area contributed by atoms with Crippen LogP contribution in [0.25, 0.3) is 5.82 Å². The Morgan fingerprint density at radius 3 is 2.59 bits per heavy atom. The van der Waals surface area contributed by atoms with Gasteiger partial charge in [0, 0.05) is 56.3 Å². The molecule has 1 saturated heterocycles. The second kappa shape index (κ2) is 7.90. The second-order valence-electron chi connectivity index (χ2n) is 6.55. The van der Waals surface area contributed by atoms with Crippen molar-refractivity contribution in [3.63, 3.8) is 0 Å². The molecule has 27 heavy (non-hydrogen) atoms. The molecule has 0 N–H and O–H groups in total. The number of hydrogen-bond donors (Lipinski definition) is 0. The van der Waals surface area contributed by atoms with Crippen LogP contribution < -0.4 is 0 Å². The molecule has 3 heterocycles. The summed E-state index contributed by atoms with van der Waals surface area (Å²) in [6.07, 6.45) is 5.14. The number of aromatic nitrogens is 3. The maximum atomic E-state index is 12.7. The number of hydrogen-bond acceptors (Lipinski definition) is 4. The lowest BCUT2D eigenvalue weighted by atomic mass is 10.2. The molecule has 1 amide bonds. The molecule has 2 aromatic heterocycles. The van der Waals surface area contributed by atoms with Gasteiger partial charge in [0.25, 0.3) is 5.91 Å². The normalized spacial score (nSPS) is 15.1. The quantitative estimate of drug-likeness (QED) is 0.697. The number of rotatable bonds is 4. The zero-order valence-electron chi connectivity index (χ0n) is 14.8. The Balaban J connectivity index is 1.34. The van der Waals surface area contributed by atoms with Gasteiger partial charge < -0.3 is 4.90 Å². The summed E-state index contributed by atoms with van der Waals surface area (Å²) < 4.78 is 1.67. The van der Waals surface area contributed by atoms with E-state index in [0.717, 1.165) is 24.7 Å². The molecule has 0 aliphatic carbocycles. The Morgan fingerprint density at radius 2 is 1.93 bits per heavy atom. The van der Waals surface area contributed by atoms with Crippen molar-refractivity contribution in [3.05, 3.63) is 77.2 Å². The SMILES string of the molecule is O=C(c1ccc(-n2cccn2)nc1)N1CCN(Cc2cccc(Cl)c2)CC1. The van der Waals surface area contributed by atoms with E-state index < -0.39 is 0 Å². The molecule has 7 heteroatoms. The lowest BCUT2D eigenvalue weighted by Gasteiger charge is -2.34. The Hall–Kier alpha value is -2.70. The smallest absolute Gasteiger partial charge is 0.255 e. The molecule has 1 aromatic carbocycles. The van der Waals surface area contributed by atoms with Crippen molar-refractivity contribution >= 4 is 17.5 Å². The number of carbonyl (C=O) groups is 1. The number of nitrogens with zero attached hydrogens (tertiary/aromatic N) is 5. The molecule has 0 saturated carbocycles. The fourth-order valence-corrected chi connectivity index (χ4v) is 3.45. The van der Waals surface area contributed by atoms with Gasteiger partial charge in [-0.25, -0.2) is 9.67 Å². The van der Waals surface area contributed by atoms with Crippen LogP contribution in [0, 0.1) is 0 Å². The Kier molecular flexibility index (Phi) is 5.18. The topological polar surface area (TPSA) is 54.3 Å². The van der Waals surface area contributed by atoms with Crippen LogP contribution in [0.15, 0.2) is 61.1 Å². The van der Waals surface area contributed by atoms with Gasteiger partial charge in [0.1, 0.15) is 0 Å². The standard InChI is InChI=1S/C20H20ClN5O/c21-18-4-1-3-16(13-18)15-24-9-11-25(12-10-24)20(27)17-5-6-19(22-14-17)26-8-2-7-23-26/h1-8,13-14H,9-12,15H2. The van der Waals surface area contributed by atoms with E-state index in [0.29, 0.717) is 24.5 Å². The summed E-state index contributed by atoms with van der Waals surface area (Å²) in [6, 6.07) is 13.4. The molecule has 0 unspecified atom stereocenters. The summed E-state index contributed by atoms with van der Waals surface area (Å²) in [5.41, 5.74) is 1.80. The molecule has 1 aliphatic rings. The van der Waals surface area contributed by atoms with Gasteiger partial charge in [-0.3, -0.25) is 9.69 Å². The predicted molar refractivity (Wildman–Crippen MR) is 104 cm³/mol. The molecule has 0 bridgehead atoms. The van der Waals surface area contributed by atoms with E-state index in [1.165, 1.54) is 5.56 Å². The van der Waals surface area contributed by atoms with Crippen LogP contribution in [0.4, 0.5) is 0 Å². The molecule has 0 spiro atoms. The summed E-state index contributed by atoms with van der Waals surface area (Å²) in [7, 11) is 0. The maximum absolute atomic E-state index is 12.7. The first kappa shape index (κ1) is 17.7. The van der Waals surface area contributed by atoms with Crippen LogP contribution in [-0.2, 0) is 6.54 Å². The van der Waals surface area contributed by atoms with Crippen LogP contribution in [0.3, 0.4) is 0 Å². The summed E-state index contributed by atoms with van der Waals surface area (Å²) >= 11 is 6.06. The fourth-order valence-electron chi connectivity index (χ4n) is 3.24. The molecular formula is C20H20ClN5O. The first-order chi connectivity index (χ1) is 13.2. The van der Waals surface area contributed by atoms with Crippen LogP contribution in [-0.4, -0.2) is 56.7 Å². The van der Waals surface area contributed by atoms with Crippen LogP contribution in [0.2, 0.25) is 5.02 Å². The minimum Gasteiger partial charge on any atom is -0.336 e. The summed E-state index contributed by atoms with van der Waals surface area (Å²) in [5, 5.41) is 4.90. The van der Waals surface area contributed by atoms with Gasteiger partial charge in [-0.15, -0.1) is 0 Å². The molecular weight excluding hydrogens is 362 g/mol. The van der Waals surface area contributed by atoms with E-state index in [9.17, 15) is 4.79 Å². The van der Waals surface area contributed by atoms with Crippen molar-refractivity contribution in [2.24, 2.45) is 0 Å². The van der Waals surface area contributed by atoms with Crippen molar-refractivity contribution in [1.29, 1.82) is 0 Å². The van der Waals surface area contributed by atoms with Gasteiger partial charge >= 0.3 is 0 Å². The van der Waals surface area contributed by atoms with Crippen molar-refractivity contribution in [2.45, 2.75) is 6.54 Å². The predicted octanol–water partition coefficient (Wildman–Crippen LogP) is 2.88. The minimum atomic E-state index is 0.0249. The highest BCUT2D eigenvalue weighted by Gasteiger charge is 2.22. The third-order valence-electron chi connectivity index (χ3n) is 4.69. The van der Waals surface area contributed by atoms with Crippen molar-refractivity contribution < 1.29 is 4.79 Å². The van der Waals surface area contributed by atoms with Crippen LogP contribution in [0.1, 0.15) is 15.9 Å². The molecule has 0 radical (unpaired) electrons. The molecule has 6 nitrogen and oxygen atoms in total. The summed E-state index contributed by atoms with van der Waals surface area (Å²) in [6.45, 7) is 3.96. The monoisotopic (exact) mass is 381 g/mol. The number of pyridine rings is 1. The first-order valence-corrected chi connectivity index (χ1v) is 9.29. The van der Waals surface area contributed by atoms with E-state index in [1.807, 2.05) is 47.5 Å². The molecule has 1 aliphatic heterocycles. The van der Waals surface area contributed by atoms with Gasteiger partial charge in [0.15, 0.2) is 5.82 Å². The Morgan fingerprint density at radius 1 is 1.07 bits per heavy atom. The minimum absolute atomic E-state index is 0.0249. The molecule has 1 fully saturated rings. The molecule has 138 valence electrons. The average molecular weight is 382 g/mol. The van der Waals surface area contributed by atoms with Crippen molar-refractivity contribution in [2.75, 3.05) is 26.2 Å². The van der Waals surface area contributed by atoms with Crippen LogP contribution >= 0.6 is 11.6 Å². The van der Waals surface area contributed by atoms with Crippen LogP contribution in [0.5, 0.6) is 0 Å². The highest BCUT2D eigenvalue weighted by atomic mass is 35.5. The number of amides is 1. The van der Waals surface area contributed by atoms with E-state index in [-0.39, 0.29) is 5.91 Å². The van der Waals surface area contributed by atoms with Crippen molar-refractivity contribution in [3.8, 4) is 5.82 Å². The second-order valence-corrected chi connectivity index (χ2v) is 6.99. The number of carbonyl (C=O) groups excluding carboxylic acids is 1. The van der Waals surface area contributed by atoms with E-state index in [2.05, 4.69) is 21.0 Å². The van der Waals surface area contributed by atoms with E-state index in [4.69, 9.17) is 11.6 Å². The Labute approximate surface area is 163 Å². The number of benzene rings is 1. The molecule has 0 atom stereocenters. The lowest BCUT2D eigenvalue weighted by molar-refractivity contribution is 0.0628. The van der Waals surface area contributed by atoms with Gasteiger partial charge in [-0.05, 0) is 35.9 Å². The van der Waals surface area contributed by atoms with Crippen molar-refractivity contribution in [1.82, 2.24) is 24.6 Å². The lowest BCUT2D eigenvalue weighted by Crippen LogP contribution is -2.48. The third kappa shape index (κ3) is 4.18. The Bertz CT molecular complexity index is 902. The molecule has 4 rings (SSSR count). The van der Waals surface area contributed by atoms with E-state index >= 15 is 0 Å². The maximum Gasteiger partial charge on any atom is 0.255 e. The zero-order valence-corrected chi connectivity index (χ0v) is 15.6. The van der Waals surface area contributed by atoms with Gasteiger partial charge in [0.05, 0.1) is 5.56 Å². The highest BCUT2D eigenvalue weighted by Crippen LogP contribution is 2.15. The largest absolute Gasteiger partial charge is 0.336 e. The third-order valence-corrected chi connectivity index (χ3v) is 4.92. The van der Waals surface area contributed by atoms with Gasteiger partial charge in [0.2, 0.25) is 0 Å². The molecule has 3 aromatic rings. The number of halogens is 1. The van der Waals surface area contributed by atoms with Gasteiger partial charge in [-0.2, -0.15) is 5.10 Å². The summed E-state index contributed by atoms with van der Waals surface area (Å²) in [5.74, 6) is 0.722. The average Bonchev–Trinajstić information content (AvgIpc) is 3.23. The number of piperazine rings is 1. The summed E-state index contributed by atoms with van der Waals surface area (Å²) in [4.78, 5) is 21.3. The van der Waals surface area contributed by atoms with Gasteiger partial charge in [-0.1, -0.05) is 23.7 Å². The highest BCUT2D eigenvalue weighted by molar-refractivity contribution is 6.30. The zero-order chi connectivity index (χ0) is 18.6. The fraction of sp³-hybridized carbons (Fsp3) is 0.250. The van der Waals surface area contributed by atoms with E-state index in [1.54, 1.807) is 17.1 Å².